The van der Waals surface area contributed by atoms with Crippen molar-refractivity contribution in [2.45, 2.75) is 69.5 Å². The fourth-order valence-electron chi connectivity index (χ4n) is 3.96. The Hall–Kier alpha value is -1.35. The first-order valence-electron chi connectivity index (χ1n) is 8.69. The Morgan fingerprint density at radius 2 is 1.64 bits per heavy atom. The topological polar surface area (TPSA) is 46.5 Å². The van der Waals surface area contributed by atoms with Crippen LogP contribution in [0, 0.1) is 5.92 Å². The molecule has 0 bridgehead atoms. The Bertz CT molecular complexity index is 485. The first kappa shape index (κ1) is 15.5. The van der Waals surface area contributed by atoms with Crippen LogP contribution in [0.5, 0.6) is 0 Å². The van der Waals surface area contributed by atoms with Crippen LogP contribution in [-0.2, 0) is 9.53 Å². The lowest BCUT2D eigenvalue weighted by atomic mass is 9.75. The van der Waals surface area contributed by atoms with E-state index in [9.17, 15) is 9.90 Å². The predicted octanol–water partition coefficient (Wildman–Crippen LogP) is 3.81. The zero-order valence-corrected chi connectivity index (χ0v) is 13.1. The Labute approximate surface area is 132 Å². The lowest BCUT2D eigenvalue weighted by Gasteiger charge is -2.33. The molecule has 22 heavy (non-hydrogen) atoms. The third kappa shape index (κ3) is 3.52. The second-order valence-corrected chi connectivity index (χ2v) is 6.74. The molecule has 4 atom stereocenters. The van der Waals surface area contributed by atoms with Crippen LogP contribution >= 0.6 is 0 Å². The number of aliphatic hydroxyl groups is 1. The number of carbonyl (C=O) groups excluding carboxylic acids is 1. The summed E-state index contributed by atoms with van der Waals surface area (Å²) in [6.45, 7) is 0. The highest BCUT2D eigenvalue weighted by atomic mass is 16.6. The highest BCUT2D eigenvalue weighted by Crippen LogP contribution is 2.39. The molecular weight excluding hydrogens is 276 g/mol. The van der Waals surface area contributed by atoms with Gasteiger partial charge in [0.15, 0.2) is 0 Å². The summed E-state index contributed by atoms with van der Waals surface area (Å²) in [4.78, 5) is 12.7. The van der Waals surface area contributed by atoms with Crippen LogP contribution < -0.4 is 0 Å². The largest absolute Gasteiger partial charge is 0.459 e. The number of benzene rings is 1. The van der Waals surface area contributed by atoms with Crippen LogP contribution in [-0.4, -0.2) is 23.3 Å². The number of hydrogen-bond acceptors (Lipinski definition) is 3. The van der Waals surface area contributed by atoms with Crippen molar-refractivity contribution in [3.63, 3.8) is 0 Å². The van der Waals surface area contributed by atoms with Gasteiger partial charge in [-0.05, 0) is 43.6 Å². The number of esters is 1. The van der Waals surface area contributed by atoms with Gasteiger partial charge < -0.3 is 9.84 Å². The molecule has 0 aliphatic heterocycles. The summed E-state index contributed by atoms with van der Waals surface area (Å²) in [5.74, 6) is 0.118. The molecular formula is C19H26O3. The van der Waals surface area contributed by atoms with Crippen molar-refractivity contribution in [2.75, 3.05) is 0 Å². The van der Waals surface area contributed by atoms with Crippen molar-refractivity contribution in [3.05, 3.63) is 35.9 Å². The fraction of sp³-hybridized carbons (Fsp3) is 0.632. The Kier molecular flexibility index (Phi) is 5.14. The number of hydrogen-bond donors (Lipinski definition) is 1. The van der Waals surface area contributed by atoms with E-state index in [1.54, 1.807) is 0 Å². The van der Waals surface area contributed by atoms with Gasteiger partial charge in [0, 0.05) is 0 Å². The number of ether oxygens (including phenoxy) is 1. The number of rotatable bonds is 3. The standard InChI is InChI=1S/C19H26O3/c20-17-12-6-7-13-18(17)22-19(21)16-11-5-4-10-15(16)14-8-2-1-3-9-14/h1-3,8-9,15-18,20H,4-7,10-13H2/t15-,16+,17+,18+/m0/s1. The molecule has 0 spiro atoms. The van der Waals surface area contributed by atoms with Gasteiger partial charge >= 0.3 is 5.97 Å². The second-order valence-electron chi connectivity index (χ2n) is 6.74. The molecule has 1 aromatic carbocycles. The van der Waals surface area contributed by atoms with Crippen molar-refractivity contribution in [1.29, 1.82) is 0 Å². The molecule has 3 heteroatoms. The smallest absolute Gasteiger partial charge is 0.309 e. The molecule has 2 fully saturated rings. The van der Waals surface area contributed by atoms with Crippen LogP contribution in [0.4, 0.5) is 0 Å². The quantitative estimate of drug-likeness (QED) is 0.864. The molecule has 2 aliphatic rings. The summed E-state index contributed by atoms with van der Waals surface area (Å²) in [6.07, 6.45) is 7.09. The molecule has 1 aromatic rings. The summed E-state index contributed by atoms with van der Waals surface area (Å²) in [6, 6.07) is 10.3. The molecule has 120 valence electrons. The normalized spacial score (nSPS) is 32.4. The van der Waals surface area contributed by atoms with Crippen molar-refractivity contribution in [1.82, 2.24) is 0 Å². The average Bonchev–Trinajstić information content (AvgIpc) is 2.58. The van der Waals surface area contributed by atoms with Crippen LogP contribution in [0.1, 0.15) is 62.8 Å². The van der Waals surface area contributed by atoms with E-state index in [2.05, 4.69) is 12.1 Å². The van der Waals surface area contributed by atoms with Gasteiger partial charge in [-0.2, -0.15) is 0 Å². The zero-order chi connectivity index (χ0) is 15.4. The maximum atomic E-state index is 12.7. The third-order valence-corrected chi connectivity index (χ3v) is 5.23. The van der Waals surface area contributed by atoms with Gasteiger partial charge in [0.2, 0.25) is 0 Å². The first-order chi connectivity index (χ1) is 10.8. The minimum absolute atomic E-state index is 0.0507. The van der Waals surface area contributed by atoms with E-state index >= 15 is 0 Å². The number of carbonyl (C=O) groups is 1. The van der Waals surface area contributed by atoms with E-state index in [4.69, 9.17) is 4.74 Å². The molecule has 3 rings (SSSR count). The van der Waals surface area contributed by atoms with Crippen molar-refractivity contribution in [3.8, 4) is 0 Å². The Balaban J connectivity index is 1.69. The average molecular weight is 302 g/mol. The first-order valence-corrected chi connectivity index (χ1v) is 8.69. The lowest BCUT2D eigenvalue weighted by Crippen LogP contribution is -2.37. The van der Waals surface area contributed by atoms with E-state index in [-0.39, 0.29) is 23.9 Å². The zero-order valence-electron chi connectivity index (χ0n) is 13.1. The van der Waals surface area contributed by atoms with Gasteiger partial charge in [-0.1, -0.05) is 49.6 Å². The van der Waals surface area contributed by atoms with Crippen LogP contribution in [0.15, 0.2) is 30.3 Å². The summed E-state index contributed by atoms with van der Waals surface area (Å²) in [7, 11) is 0. The van der Waals surface area contributed by atoms with Gasteiger partial charge in [-0.25, -0.2) is 0 Å². The Morgan fingerprint density at radius 3 is 2.41 bits per heavy atom. The van der Waals surface area contributed by atoms with Gasteiger partial charge in [0.25, 0.3) is 0 Å². The van der Waals surface area contributed by atoms with E-state index in [0.29, 0.717) is 0 Å². The van der Waals surface area contributed by atoms with Crippen molar-refractivity contribution in [2.24, 2.45) is 5.92 Å². The van der Waals surface area contributed by atoms with E-state index in [0.717, 1.165) is 44.9 Å². The van der Waals surface area contributed by atoms with Crippen LogP contribution in [0.2, 0.25) is 0 Å². The van der Waals surface area contributed by atoms with Gasteiger partial charge in [-0.3, -0.25) is 4.79 Å². The second kappa shape index (κ2) is 7.28. The van der Waals surface area contributed by atoms with E-state index in [1.807, 2.05) is 18.2 Å². The predicted molar refractivity (Wildman–Crippen MR) is 85.5 cm³/mol. The van der Waals surface area contributed by atoms with Crippen LogP contribution in [0.25, 0.3) is 0 Å². The molecule has 0 unspecified atom stereocenters. The van der Waals surface area contributed by atoms with Gasteiger partial charge in [0.1, 0.15) is 6.10 Å². The lowest BCUT2D eigenvalue weighted by molar-refractivity contribution is -0.164. The van der Waals surface area contributed by atoms with E-state index < -0.39 is 6.10 Å². The molecule has 0 radical (unpaired) electrons. The highest BCUT2D eigenvalue weighted by Gasteiger charge is 2.36. The monoisotopic (exact) mass is 302 g/mol. The van der Waals surface area contributed by atoms with Gasteiger partial charge in [0.05, 0.1) is 12.0 Å². The maximum Gasteiger partial charge on any atom is 0.309 e. The molecule has 1 N–H and O–H groups in total. The fourth-order valence-corrected chi connectivity index (χ4v) is 3.96. The summed E-state index contributed by atoms with van der Waals surface area (Å²) >= 11 is 0. The summed E-state index contributed by atoms with van der Waals surface area (Å²) in [5.41, 5.74) is 1.24. The molecule has 2 aliphatic carbocycles. The molecule has 0 saturated heterocycles. The van der Waals surface area contributed by atoms with E-state index in [1.165, 1.54) is 12.0 Å². The molecule has 3 nitrogen and oxygen atoms in total. The van der Waals surface area contributed by atoms with Crippen molar-refractivity contribution >= 4 is 5.97 Å². The van der Waals surface area contributed by atoms with Crippen molar-refractivity contribution < 1.29 is 14.6 Å². The summed E-state index contributed by atoms with van der Waals surface area (Å²) in [5, 5.41) is 10.0. The molecule has 2 saturated carbocycles. The SMILES string of the molecule is O=C(O[C@@H]1CCCC[C@H]1O)[C@@H]1CCCC[C@H]1c1ccccc1. The minimum Gasteiger partial charge on any atom is -0.459 e. The third-order valence-electron chi connectivity index (χ3n) is 5.23. The molecule has 0 heterocycles. The highest BCUT2D eigenvalue weighted by molar-refractivity contribution is 5.74. The maximum absolute atomic E-state index is 12.7. The number of aliphatic hydroxyl groups excluding tert-OH is 1. The minimum atomic E-state index is -0.475. The summed E-state index contributed by atoms with van der Waals surface area (Å²) < 4.78 is 5.71. The molecule has 0 amide bonds. The molecule has 0 aromatic heterocycles. The van der Waals surface area contributed by atoms with Gasteiger partial charge in [-0.15, -0.1) is 0 Å². The van der Waals surface area contributed by atoms with Crippen LogP contribution in [0.3, 0.4) is 0 Å². The Morgan fingerprint density at radius 1 is 0.955 bits per heavy atom.